The van der Waals surface area contributed by atoms with Crippen molar-refractivity contribution in [3.63, 3.8) is 0 Å². The van der Waals surface area contributed by atoms with Gasteiger partial charge in [-0.15, -0.1) is 0 Å². The normalized spacial score (nSPS) is 11.4. The van der Waals surface area contributed by atoms with Gasteiger partial charge in [-0.1, -0.05) is 11.6 Å². The lowest BCUT2D eigenvalue weighted by molar-refractivity contribution is -0.136. The molecule has 0 bridgehead atoms. The molecule has 0 fully saturated rings. The molecule has 18 heavy (non-hydrogen) atoms. The van der Waals surface area contributed by atoms with E-state index >= 15 is 0 Å². The first-order valence-electron chi connectivity index (χ1n) is 5.61. The molecule has 0 aromatic heterocycles. The summed E-state index contributed by atoms with van der Waals surface area (Å²) in [6, 6.07) is 5.03. The van der Waals surface area contributed by atoms with Gasteiger partial charge in [0, 0.05) is 6.42 Å². The number of aryl methyl sites for hydroxylation is 1. The van der Waals surface area contributed by atoms with Crippen molar-refractivity contribution < 1.29 is 22.7 Å². The summed E-state index contributed by atoms with van der Waals surface area (Å²) < 4.78 is 41.0. The van der Waals surface area contributed by atoms with Gasteiger partial charge in [0.15, 0.2) is 5.78 Å². The SMILES string of the molecule is CC(=O)c1cc(C)ccc1OCCCC(F)(F)F. The number of Topliss-reactive ketones (excluding diaryl/α,β-unsaturated/α-hetero) is 1. The van der Waals surface area contributed by atoms with E-state index in [0.29, 0.717) is 11.3 Å². The van der Waals surface area contributed by atoms with Crippen LogP contribution in [-0.2, 0) is 0 Å². The van der Waals surface area contributed by atoms with Gasteiger partial charge in [0.1, 0.15) is 5.75 Å². The molecule has 0 unspecified atom stereocenters. The van der Waals surface area contributed by atoms with E-state index < -0.39 is 12.6 Å². The summed E-state index contributed by atoms with van der Waals surface area (Å²) in [5.41, 5.74) is 1.31. The van der Waals surface area contributed by atoms with Crippen LogP contribution >= 0.6 is 0 Å². The van der Waals surface area contributed by atoms with Gasteiger partial charge in [-0.3, -0.25) is 4.79 Å². The molecule has 1 rings (SSSR count). The lowest BCUT2D eigenvalue weighted by Crippen LogP contribution is -2.10. The molecule has 100 valence electrons. The third-order valence-corrected chi connectivity index (χ3v) is 2.38. The second-order valence-electron chi connectivity index (χ2n) is 4.12. The fourth-order valence-electron chi connectivity index (χ4n) is 1.50. The van der Waals surface area contributed by atoms with Gasteiger partial charge in [-0.25, -0.2) is 0 Å². The van der Waals surface area contributed by atoms with Crippen LogP contribution in [0.4, 0.5) is 13.2 Å². The third kappa shape index (κ3) is 4.77. The molecule has 0 amide bonds. The molecule has 0 saturated heterocycles. The summed E-state index contributed by atoms with van der Waals surface area (Å²) in [6.45, 7) is 3.18. The average molecular weight is 260 g/mol. The largest absolute Gasteiger partial charge is 0.493 e. The molecule has 0 heterocycles. The molecule has 0 aliphatic heterocycles. The van der Waals surface area contributed by atoms with Crippen LogP contribution in [0.25, 0.3) is 0 Å². The minimum atomic E-state index is -4.17. The Bertz CT molecular complexity index is 425. The average Bonchev–Trinajstić information content (AvgIpc) is 2.24. The van der Waals surface area contributed by atoms with Crippen molar-refractivity contribution >= 4 is 5.78 Å². The van der Waals surface area contributed by atoms with Crippen LogP contribution in [0.3, 0.4) is 0 Å². The number of rotatable bonds is 5. The van der Waals surface area contributed by atoms with Crippen molar-refractivity contribution in [3.8, 4) is 5.75 Å². The molecular weight excluding hydrogens is 245 g/mol. The van der Waals surface area contributed by atoms with Crippen LogP contribution in [0.2, 0.25) is 0 Å². The number of halogens is 3. The first-order chi connectivity index (χ1) is 8.29. The van der Waals surface area contributed by atoms with Crippen LogP contribution in [0.15, 0.2) is 18.2 Å². The predicted molar refractivity (Wildman–Crippen MR) is 62.0 cm³/mol. The summed E-state index contributed by atoms with van der Waals surface area (Å²) in [7, 11) is 0. The highest BCUT2D eigenvalue weighted by atomic mass is 19.4. The zero-order valence-electron chi connectivity index (χ0n) is 10.3. The van der Waals surface area contributed by atoms with E-state index in [1.807, 2.05) is 6.92 Å². The standard InChI is InChI=1S/C13H15F3O2/c1-9-4-5-12(11(8-9)10(2)17)18-7-3-6-13(14,15)16/h4-5,8H,3,6-7H2,1-2H3. The van der Waals surface area contributed by atoms with Gasteiger partial charge in [0.05, 0.1) is 12.2 Å². The molecular formula is C13H15F3O2. The Labute approximate surface area is 104 Å². The molecule has 0 atom stereocenters. The van der Waals surface area contributed by atoms with E-state index in [4.69, 9.17) is 4.74 Å². The number of alkyl halides is 3. The van der Waals surface area contributed by atoms with Crippen LogP contribution in [-0.4, -0.2) is 18.6 Å². The number of hydrogen-bond donors (Lipinski definition) is 0. The Hall–Kier alpha value is -1.52. The van der Waals surface area contributed by atoms with Gasteiger partial charge in [0.2, 0.25) is 0 Å². The summed E-state index contributed by atoms with van der Waals surface area (Å²) in [6.07, 6.45) is -5.16. The summed E-state index contributed by atoms with van der Waals surface area (Å²) >= 11 is 0. The highest BCUT2D eigenvalue weighted by Gasteiger charge is 2.26. The van der Waals surface area contributed by atoms with Crippen LogP contribution in [0.5, 0.6) is 5.75 Å². The van der Waals surface area contributed by atoms with E-state index in [2.05, 4.69) is 0 Å². The molecule has 0 aliphatic rings. The fraction of sp³-hybridized carbons (Fsp3) is 0.462. The minimum absolute atomic E-state index is 0.0527. The van der Waals surface area contributed by atoms with E-state index in [1.165, 1.54) is 6.92 Å². The quantitative estimate of drug-likeness (QED) is 0.592. The zero-order chi connectivity index (χ0) is 13.8. The Morgan fingerprint density at radius 3 is 2.56 bits per heavy atom. The molecule has 0 aliphatic carbocycles. The van der Waals surface area contributed by atoms with Crippen molar-refractivity contribution in [3.05, 3.63) is 29.3 Å². The van der Waals surface area contributed by atoms with Crippen molar-refractivity contribution in [1.82, 2.24) is 0 Å². The number of hydrogen-bond acceptors (Lipinski definition) is 2. The highest BCUT2D eigenvalue weighted by Crippen LogP contribution is 2.23. The van der Waals surface area contributed by atoms with Gasteiger partial charge >= 0.3 is 6.18 Å². The van der Waals surface area contributed by atoms with Gasteiger partial charge in [0.25, 0.3) is 0 Å². The summed E-state index contributed by atoms with van der Waals surface area (Å²) in [4.78, 5) is 11.4. The number of carbonyl (C=O) groups excluding carboxylic acids is 1. The number of benzene rings is 1. The first-order valence-corrected chi connectivity index (χ1v) is 5.61. The molecule has 0 radical (unpaired) electrons. The van der Waals surface area contributed by atoms with E-state index in [9.17, 15) is 18.0 Å². The Morgan fingerprint density at radius 1 is 1.33 bits per heavy atom. The van der Waals surface area contributed by atoms with E-state index in [-0.39, 0.29) is 18.8 Å². The lowest BCUT2D eigenvalue weighted by atomic mass is 10.1. The molecule has 1 aromatic carbocycles. The lowest BCUT2D eigenvalue weighted by Gasteiger charge is -2.11. The maximum atomic E-state index is 11.9. The zero-order valence-corrected chi connectivity index (χ0v) is 10.3. The van der Waals surface area contributed by atoms with Gasteiger partial charge < -0.3 is 4.74 Å². The molecule has 0 spiro atoms. The predicted octanol–water partition coefficient (Wildman–Crippen LogP) is 3.92. The molecule has 2 nitrogen and oxygen atoms in total. The van der Waals surface area contributed by atoms with Crippen molar-refractivity contribution in [2.75, 3.05) is 6.61 Å². The Morgan fingerprint density at radius 2 is 2.00 bits per heavy atom. The summed E-state index contributed by atoms with van der Waals surface area (Å²) in [5.74, 6) is 0.180. The third-order valence-electron chi connectivity index (χ3n) is 2.38. The number of ether oxygens (including phenoxy) is 1. The molecule has 1 aromatic rings. The maximum absolute atomic E-state index is 11.9. The topological polar surface area (TPSA) is 26.3 Å². The Balaban J connectivity index is 2.59. The molecule has 0 N–H and O–H groups in total. The van der Waals surface area contributed by atoms with Crippen molar-refractivity contribution in [2.45, 2.75) is 32.9 Å². The fourth-order valence-corrected chi connectivity index (χ4v) is 1.50. The van der Waals surface area contributed by atoms with Crippen LogP contribution < -0.4 is 4.74 Å². The van der Waals surface area contributed by atoms with E-state index in [0.717, 1.165) is 5.56 Å². The summed E-state index contributed by atoms with van der Waals surface area (Å²) in [5, 5.41) is 0. The number of carbonyl (C=O) groups is 1. The minimum Gasteiger partial charge on any atom is -0.493 e. The molecule has 0 saturated carbocycles. The highest BCUT2D eigenvalue weighted by molar-refractivity contribution is 5.97. The van der Waals surface area contributed by atoms with Gasteiger partial charge in [-0.05, 0) is 32.4 Å². The van der Waals surface area contributed by atoms with Crippen LogP contribution in [0, 0.1) is 6.92 Å². The van der Waals surface area contributed by atoms with Gasteiger partial charge in [-0.2, -0.15) is 13.2 Å². The second kappa shape index (κ2) is 5.89. The Kier molecular flexibility index (Phi) is 4.76. The molecule has 5 heteroatoms. The number of ketones is 1. The monoisotopic (exact) mass is 260 g/mol. The first kappa shape index (κ1) is 14.5. The van der Waals surface area contributed by atoms with Crippen LogP contribution in [0.1, 0.15) is 35.7 Å². The van der Waals surface area contributed by atoms with Crippen molar-refractivity contribution in [1.29, 1.82) is 0 Å². The smallest absolute Gasteiger partial charge is 0.389 e. The van der Waals surface area contributed by atoms with E-state index in [1.54, 1.807) is 18.2 Å². The van der Waals surface area contributed by atoms with Crippen molar-refractivity contribution in [2.24, 2.45) is 0 Å². The second-order valence-corrected chi connectivity index (χ2v) is 4.12. The maximum Gasteiger partial charge on any atom is 0.389 e.